The van der Waals surface area contributed by atoms with Crippen molar-refractivity contribution in [3.63, 3.8) is 0 Å². The van der Waals surface area contributed by atoms with Crippen LogP contribution in [-0.4, -0.2) is 23.8 Å². The minimum Gasteiger partial charge on any atom is -0.365 e. The highest BCUT2D eigenvalue weighted by Gasteiger charge is 2.33. The van der Waals surface area contributed by atoms with Crippen LogP contribution < -0.4 is 0 Å². The second-order valence-corrected chi connectivity index (χ2v) is 3.72. The van der Waals surface area contributed by atoms with Gasteiger partial charge < -0.3 is 14.6 Å². The van der Waals surface area contributed by atoms with Gasteiger partial charge in [0.05, 0.1) is 0 Å². The molecule has 1 aliphatic carbocycles. The number of hydrogen-bond donors (Lipinski definition) is 1. The van der Waals surface area contributed by atoms with Crippen LogP contribution in [0.5, 0.6) is 0 Å². The minimum absolute atomic E-state index is 0.457. The molecule has 0 aromatic heterocycles. The molecule has 76 valence electrons. The smallest absolute Gasteiger partial charge is 0.165 e. The van der Waals surface area contributed by atoms with Crippen LogP contribution in [0.4, 0.5) is 0 Å². The van der Waals surface area contributed by atoms with Gasteiger partial charge in [0.2, 0.25) is 0 Å². The van der Waals surface area contributed by atoms with Gasteiger partial charge in [-0.2, -0.15) is 0 Å². The Morgan fingerprint density at radius 3 is 2.62 bits per heavy atom. The Labute approximate surface area is 79.1 Å². The molecule has 0 aromatic carbocycles. The number of ether oxygens (including phenoxy) is 1. The van der Waals surface area contributed by atoms with Crippen molar-refractivity contribution in [1.29, 1.82) is 0 Å². The van der Waals surface area contributed by atoms with Gasteiger partial charge in [0.25, 0.3) is 0 Å². The summed E-state index contributed by atoms with van der Waals surface area (Å²) in [7, 11) is 0. The van der Waals surface area contributed by atoms with Crippen molar-refractivity contribution in [1.82, 2.24) is 0 Å². The average molecular weight is 186 g/mol. The number of rotatable bonds is 4. The Morgan fingerprint density at radius 2 is 2.15 bits per heavy atom. The molecule has 0 bridgehead atoms. The summed E-state index contributed by atoms with van der Waals surface area (Å²) in [5.41, 5.74) is 0. The molecule has 3 nitrogen and oxygen atoms in total. The van der Waals surface area contributed by atoms with Gasteiger partial charge in [0, 0.05) is 25.9 Å². The summed E-state index contributed by atoms with van der Waals surface area (Å²) in [6, 6.07) is 0. The Bertz CT molecular complexity index is 160. The lowest BCUT2D eigenvalue weighted by molar-refractivity contribution is -0.222. The lowest BCUT2D eigenvalue weighted by atomic mass is 9.83. The van der Waals surface area contributed by atoms with E-state index in [2.05, 4.69) is 0 Å². The first kappa shape index (κ1) is 10.7. The lowest BCUT2D eigenvalue weighted by Gasteiger charge is -2.34. The Balaban J connectivity index is 2.32. The van der Waals surface area contributed by atoms with Crippen LogP contribution in [0.2, 0.25) is 0 Å². The van der Waals surface area contributed by atoms with Gasteiger partial charge in [-0.1, -0.05) is 0 Å². The first-order chi connectivity index (χ1) is 6.20. The monoisotopic (exact) mass is 186 g/mol. The molecule has 0 atom stereocenters. The lowest BCUT2D eigenvalue weighted by Crippen LogP contribution is -2.37. The van der Waals surface area contributed by atoms with Crippen LogP contribution in [0, 0.1) is 5.92 Å². The molecule has 0 saturated heterocycles. The SMILES string of the molecule is CCOC1(O)CCC(CC=O)CC1. The maximum absolute atomic E-state index is 10.3. The van der Waals surface area contributed by atoms with E-state index in [1.807, 2.05) is 6.92 Å². The van der Waals surface area contributed by atoms with Gasteiger partial charge in [-0.3, -0.25) is 0 Å². The summed E-state index contributed by atoms with van der Waals surface area (Å²) in [6.45, 7) is 2.43. The van der Waals surface area contributed by atoms with E-state index in [1.54, 1.807) is 0 Å². The number of carbonyl (C=O) groups excluding carboxylic acids is 1. The number of aliphatic hydroxyl groups is 1. The van der Waals surface area contributed by atoms with Crippen molar-refractivity contribution < 1.29 is 14.6 Å². The molecule has 0 heterocycles. The third-order valence-electron chi connectivity index (χ3n) is 2.73. The minimum atomic E-state index is -0.909. The molecule has 1 aliphatic rings. The van der Waals surface area contributed by atoms with Crippen LogP contribution in [0.25, 0.3) is 0 Å². The predicted molar refractivity (Wildman–Crippen MR) is 49.2 cm³/mol. The van der Waals surface area contributed by atoms with Crippen LogP contribution >= 0.6 is 0 Å². The molecule has 13 heavy (non-hydrogen) atoms. The van der Waals surface area contributed by atoms with Gasteiger partial charge in [-0.05, 0) is 25.7 Å². The molecule has 0 amide bonds. The van der Waals surface area contributed by atoms with Crippen molar-refractivity contribution in [3.8, 4) is 0 Å². The summed E-state index contributed by atoms with van der Waals surface area (Å²) in [4.78, 5) is 10.3. The average Bonchev–Trinajstić information content (AvgIpc) is 2.10. The highest BCUT2D eigenvalue weighted by molar-refractivity contribution is 5.49. The molecule has 1 N–H and O–H groups in total. The fraction of sp³-hybridized carbons (Fsp3) is 0.900. The van der Waals surface area contributed by atoms with Crippen molar-refractivity contribution >= 4 is 6.29 Å². The quantitative estimate of drug-likeness (QED) is 0.534. The third-order valence-corrected chi connectivity index (χ3v) is 2.73. The van der Waals surface area contributed by atoms with E-state index in [0.717, 1.165) is 19.1 Å². The zero-order valence-electron chi connectivity index (χ0n) is 8.16. The van der Waals surface area contributed by atoms with E-state index in [9.17, 15) is 9.90 Å². The van der Waals surface area contributed by atoms with Gasteiger partial charge in [0.1, 0.15) is 6.29 Å². The van der Waals surface area contributed by atoms with E-state index >= 15 is 0 Å². The second kappa shape index (κ2) is 4.72. The van der Waals surface area contributed by atoms with Crippen molar-refractivity contribution in [3.05, 3.63) is 0 Å². The van der Waals surface area contributed by atoms with Gasteiger partial charge in [0.15, 0.2) is 5.79 Å². The van der Waals surface area contributed by atoms with Gasteiger partial charge in [-0.25, -0.2) is 0 Å². The number of aldehydes is 1. The third kappa shape index (κ3) is 3.08. The van der Waals surface area contributed by atoms with Crippen molar-refractivity contribution in [2.24, 2.45) is 5.92 Å². The summed E-state index contributed by atoms with van der Waals surface area (Å²) in [5, 5.41) is 9.85. The molecule has 1 rings (SSSR count). The first-order valence-corrected chi connectivity index (χ1v) is 5.00. The highest BCUT2D eigenvalue weighted by Crippen LogP contribution is 2.33. The fourth-order valence-electron chi connectivity index (χ4n) is 1.91. The van der Waals surface area contributed by atoms with Gasteiger partial charge >= 0.3 is 0 Å². The topological polar surface area (TPSA) is 46.5 Å². The Kier molecular flexibility index (Phi) is 3.88. The van der Waals surface area contributed by atoms with E-state index < -0.39 is 5.79 Å². The van der Waals surface area contributed by atoms with E-state index in [1.165, 1.54) is 0 Å². The molecule has 1 saturated carbocycles. The maximum Gasteiger partial charge on any atom is 0.165 e. The Morgan fingerprint density at radius 1 is 1.54 bits per heavy atom. The van der Waals surface area contributed by atoms with Crippen molar-refractivity contribution in [2.75, 3.05) is 6.61 Å². The van der Waals surface area contributed by atoms with Crippen LogP contribution in [-0.2, 0) is 9.53 Å². The highest BCUT2D eigenvalue weighted by atomic mass is 16.6. The van der Waals surface area contributed by atoms with Crippen molar-refractivity contribution in [2.45, 2.75) is 44.8 Å². The maximum atomic E-state index is 10.3. The van der Waals surface area contributed by atoms with Crippen LogP contribution in [0.15, 0.2) is 0 Å². The van der Waals surface area contributed by atoms with Crippen LogP contribution in [0.3, 0.4) is 0 Å². The standard InChI is InChI=1S/C10H18O3/c1-2-13-10(12)6-3-9(4-7-10)5-8-11/h8-9,12H,2-7H2,1H3. The molecule has 0 aromatic rings. The zero-order chi connectivity index (χ0) is 9.73. The molecule has 0 spiro atoms. The summed E-state index contributed by atoms with van der Waals surface area (Å²) in [6.07, 6.45) is 4.72. The second-order valence-electron chi connectivity index (χ2n) is 3.72. The molecular weight excluding hydrogens is 168 g/mol. The molecule has 0 radical (unpaired) electrons. The fourth-order valence-corrected chi connectivity index (χ4v) is 1.91. The van der Waals surface area contributed by atoms with E-state index in [-0.39, 0.29) is 0 Å². The van der Waals surface area contributed by atoms with E-state index in [0.29, 0.717) is 31.8 Å². The summed E-state index contributed by atoms with van der Waals surface area (Å²) < 4.78 is 5.26. The largest absolute Gasteiger partial charge is 0.365 e. The predicted octanol–water partition coefficient (Wildman–Crippen LogP) is 1.49. The Hall–Kier alpha value is -0.410. The number of hydrogen-bond acceptors (Lipinski definition) is 3. The zero-order valence-corrected chi connectivity index (χ0v) is 8.16. The molecule has 3 heteroatoms. The molecule has 0 unspecified atom stereocenters. The van der Waals surface area contributed by atoms with Crippen LogP contribution in [0.1, 0.15) is 39.0 Å². The normalized spacial score (nSPS) is 34.5. The molecular formula is C10H18O3. The summed E-state index contributed by atoms with van der Waals surface area (Å²) in [5.74, 6) is -0.452. The first-order valence-electron chi connectivity index (χ1n) is 5.00. The molecule has 0 aliphatic heterocycles. The number of carbonyl (C=O) groups is 1. The summed E-state index contributed by atoms with van der Waals surface area (Å²) >= 11 is 0. The molecule has 1 fully saturated rings. The van der Waals surface area contributed by atoms with Gasteiger partial charge in [-0.15, -0.1) is 0 Å². The van der Waals surface area contributed by atoms with E-state index in [4.69, 9.17) is 4.74 Å².